The molecule has 1 amide bonds. The highest BCUT2D eigenvalue weighted by Crippen LogP contribution is 2.22. The molecule has 0 saturated carbocycles. The maximum absolute atomic E-state index is 12.1. The molecule has 0 aliphatic carbocycles. The minimum Gasteiger partial charge on any atom is -0.293 e. The summed E-state index contributed by atoms with van der Waals surface area (Å²) >= 11 is 6.63. The highest BCUT2D eigenvalue weighted by molar-refractivity contribution is 7.15. The molecule has 0 bridgehead atoms. The van der Waals surface area contributed by atoms with E-state index < -0.39 is 12.1 Å². The molecule has 2 rings (SSSR count). The number of alkyl halides is 3. The fourth-order valence-corrected chi connectivity index (χ4v) is 2.22. The topological polar surface area (TPSA) is 54.9 Å². The summed E-state index contributed by atoms with van der Waals surface area (Å²) in [5.41, 5.74) is 0.888. The number of anilines is 1. The van der Waals surface area contributed by atoms with E-state index in [9.17, 15) is 18.0 Å². The number of benzene rings is 1. The molecule has 0 aliphatic rings. The van der Waals surface area contributed by atoms with Crippen LogP contribution in [-0.2, 0) is 11.2 Å². The molecule has 0 atom stereocenters. The largest absolute Gasteiger partial charge is 0.471 e. The Hall–Kier alpha value is -1.67. The number of nitrogens with one attached hydrogen (secondary N) is 1. The van der Waals surface area contributed by atoms with Gasteiger partial charge in [-0.25, -0.2) is 0 Å². The minimum absolute atomic E-state index is 0.184. The lowest BCUT2D eigenvalue weighted by Crippen LogP contribution is -2.29. The average molecular weight is 322 g/mol. The summed E-state index contributed by atoms with van der Waals surface area (Å²) in [7, 11) is 0. The summed E-state index contributed by atoms with van der Waals surface area (Å²) in [5.74, 6) is -2.06. The van der Waals surface area contributed by atoms with E-state index in [-0.39, 0.29) is 5.13 Å². The van der Waals surface area contributed by atoms with Crippen molar-refractivity contribution in [3.8, 4) is 0 Å². The van der Waals surface area contributed by atoms with Crippen molar-refractivity contribution in [1.82, 2.24) is 10.2 Å². The van der Waals surface area contributed by atoms with Crippen LogP contribution in [0.5, 0.6) is 0 Å². The summed E-state index contributed by atoms with van der Waals surface area (Å²) in [4.78, 5) is 10.7. The van der Waals surface area contributed by atoms with Gasteiger partial charge in [-0.15, -0.1) is 10.2 Å². The van der Waals surface area contributed by atoms with Gasteiger partial charge < -0.3 is 0 Å². The van der Waals surface area contributed by atoms with E-state index >= 15 is 0 Å². The van der Waals surface area contributed by atoms with Crippen LogP contribution in [0.1, 0.15) is 10.6 Å². The Bertz CT molecular complexity index is 612. The Morgan fingerprint density at radius 2 is 1.90 bits per heavy atom. The SMILES string of the molecule is O=C(Nc1nnc(Cc2ccc(Cl)cc2)s1)C(F)(F)F. The first-order valence-corrected chi connectivity index (χ1v) is 6.49. The molecule has 106 valence electrons. The zero-order chi connectivity index (χ0) is 14.8. The van der Waals surface area contributed by atoms with Gasteiger partial charge >= 0.3 is 12.1 Å². The maximum Gasteiger partial charge on any atom is 0.471 e. The number of amides is 1. The van der Waals surface area contributed by atoms with Crippen LogP contribution >= 0.6 is 22.9 Å². The van der Waals surface area contributed by atoms with Crippen LogP contribution in [0, 0.1) is 0 Å². The number of aromatic nitrogens is 2. The van der Waals surface area contributed by atoms with Gasteiger partial charge in [-0.1, -0.05) is 35.1 Å². The first-order chi connectivity index (χ1) is 9.34. The van der Waals surface area contributed by atoms with Gasteiger partial charge in [-0.05, 0) is 17.7 Å². The monoisotopic (exact) mass is 321 g/mol. The molecule has 0 radical (unpaired) electrons. The van der Waals surface area contributed by atoms with Crippen molar-refractivity contribution in [3.05, 3.63) is 39.9 Å². The second kappa shape index (κ2) is 5.76. The summed E-state index contributed by atoms with van der Waals surface area (Å²) in [6.45, 7) is 0. The molecular formula is C11H7ClF3N3OS. The van der Waals surface area contributed by atoms with Gasteiger partial charge in [0.2, 0.25) is 5.13 Å². The van der Waals surface area contributed by atoms with E-state index in [1.54, 1.807) is 29.6 Å². The van der Waals surface area contributed by atoms with E-state index in [1.165, 1.54) is 0 Å². The lowest BCUT2D eigenvalue weighted by Gasteiger charge is -2.03. The molecule has 0 fully saturated rings. The Morgan fingerprint density at radius 1 is 1.25 bits per heavy atom. The number of hydrogen-bond donors (Lipinski definition) is 1. The van der Waals surface area contributed by atoms with Gasteiger partial charge in [0, 0.05) is 11.4 Å². The van der Waals surface area contributed by atoms with Crippen molar-refractivity contribution in [1.29, 1.82) is 0 Å². The zero-order valence-electron chi connectivity index (χ0n) is 9.74. The third kappa shape index (κ3) is 3.91. The number of carbonyl (C=O) groups is 1. The third-order valence-corrected chi connectivity index (χ3v) is 3.30. The average Bonchev–Trinajstić information content (AvgIpc) is 2.78. The molecular weight excluding hydrogens is 315 g/mol. The van der Waals surface area contributed by atoms with Gasteiger partial charge in [0.25, 0.3) is 0 Å². The van der Waals surface area contributed by atoms with Crippen LogP contribution < -0.4 is 5.32 Å². The number of halogens is 4. The van der Waals surface area contributed by atoms with Gasteiger partial charge in [0.1, 0.15) is 5.01 Å². The lowest BCUT2D eigenvalue weighted by atomic mass is 10.2. The molecule has 1 aromatic heterocycles. The number of nitrogens with zero attached hydrogens (tertiary/aromatic N) is 2. The minimum atomic E-state index is -4.94. The molecule has 1 N–H and O–H groups in total. The quantitative estimate of drug-likeness (QED) is 0.944. The first-order valence-electron chi connectivity index (χ1n) is 5.29. The second-order valence-corrected chi connectivity index (χ2v) is 5.25. The second-order valence-electron chi connectivity index (χ2n) is 3.76. The Balaban J connectivity index is 2.02. The van der Waals surface area contributed by atoms with Crippen LogP contribution in [0.2, 0.25) is 5.02 Å². The fourth-order valence-electron chi connectivity index (χ4n) is 1.32. The van der Waals surface area contributed by atoms with Crippen LogP contribution in [0.4, 0.5) is 18.3 Å². The summed E-state index contributed by atoms with van der Waals surface area (Å²) in [6, 6.07) is 6.95. The standard InChI is InChI=1S/C11H7ClF3N3OS/c12-7-3-1-6(2-4-7)5-8-17-18-10(20-8)16-9(19)11(13,14)15/h1-4H,5H2,(H,16,18,19). The van der Waals surface area contributed by atoms with Crippen molar-refractivity contribution in [2.75, 3.05) is 5.32 Å². The summed E-state index contributed by atoms with van der Waals surface area (Å²) in [5, 5.41) is 9.77. The van der Waals surface area contributed by atoms with E-state index in [2.05, 4.69) is 10.2 Å². The van der Waals surface area contributed by atoms with E-state index in [4.69, 9.17) is 11.6 Å². The summed E-state index contributed by atoms with van der Waals surface area (Å²) < 4.78 is 36.2. The maximum atomic E-state index is 12.1. The third-order valence-electron chi connectivity index (χ3n) is 2.21. The van der Waals surface area contributed by atoms with E-state index in [0.717, 1.165) is 16.9 Å². The van der Waals surface area contributed by atoms with Crippen molar-refractivity contribution in [3.63, 3.8) is 0 Å². The molecule has 9 heteroatoms. The number of carbonyl (C=O) groups excluding carboxylic acids is 1. The lowest BCUT2D eigenvalue weighted by molar-refractivity contribution is -0.167. The molecule has 0 unspecified atom stereocenters. The first kappa shape index (κ1) is 14.7. The van der Waals surface area contributed by atoms with Gasteiger partial charge in [-0.2, -0.15) is 13.2 Å². The van der Waals surface area contributed by atoms with Crippen LogP contribution in [0.3, 0.4) is 0 Å². The van der Waals surface area contributed by atoms with Gasteiger partial charge in [0.15, 0.2) is 0 Å². The van der Waals surface area contributed by atoms with E-state index in [0.29, 0.717) is 16.5 Å². The number of rotatable bonds is 3. The Labute approximate surface area is 120 Å². The Morgan fingerprint density at radius 3 is 2.50 bits per heavy atom. The van der Waals surface area contributed by atoms with Crippen molar-refractivity contribution >= 4 is 34.0 Å². The molecule has 0 aliphatic heterocycles. The van der Waals surface area contributed by atoms with Crippen LogP contribution in [-0.4, -0.2) is 22.3 Å². The molecule has 1 heterocycles. The molecule has 0 spiro atoms. The smallest absolute Gasteiger partial charge is 0.293 e. The number of hydrogen-bond acceptors (Lipinski definition) is 4. The fraction of sp³-hybridized carbons (Fsp3) is 0.182. The molecule has 4 nitrogen and oxygen atoms in total. The molecule has 2 aromatic rings. The highest BCUT2D eigenvalue weighted by Gasteiger charge is 2.39. The Kier molecular flexibility index (Phi) is 4.24. The van der Waals surface area contributed by atoms with Crippen molar-refractivity contribution < 1.29 is 18.0 Å². The normalized spacial score (nSPS) is 11.4. The molecule has 0 saturated heterocycles. The molecule has 20 heavy (non-hydrogen) atoms. The van der Waals surface area contributed by atoms with Gasteiger partial charge in [0.05, 0.1) is 0 Å². The summed E-state index contributed by atoms with van der Waals surface area (Å²) in [6.07, 6.45) is -4.54. The van der Waals surface area contributed by atoms with E-state index in [1.807, 2.05) is 0 Å². The predicted octanol–water partition coefficient (Wildman–Crippen LogP) is 3.28. The highest BCUT2D eigenvalue weighted by atomic mass is 35.5. The van der Waals surface area contributed by atoms with Crippen molar-refractivity contribution in [2.24, 2.45) is 0 Å². The zero-order valence-corrected chi connectivity index (χ0v) is 11.3. The predicted molar refractivity (Wildman–Crippen MR) is 68.9 cm³/mol. The molecule has 1 aromatic carbocycles. The van der Waals surface area contributed by atoms with Gasteiger partial charge in [-0.3, -0.25) is 10.1 Å². The van der Waals surface area contributed by atoms with Crippen molar-refractivity contribution in [2.45, 2.75) is 12.6 Å². The van der Waals surface area contributed by atoms with Crippen LogP contribution in [0.25, 0.3) is 0 Å². The van der Waals surface area contributed by atoms with Crippen LogP contribution in [0.15, 0.2) is 24.3 Å².